The fourth-order valence-corrected chi connectivity index (χ4v) is 0.826. The molecule has 1 aromatic rings. The Morgan fingerprint density at radius 2 is 2.17 bits per heavy atom. The van der Waals surface area contributed by atoms with Crippen LogP contribution in [0.2, 0.25) is 0 Å². The molecule has 1 amide bonds. The zero-order valence-corrected chi connectivity index (χ0v) is 6.71. The Morgan fingerprint density at radius 1 is 1.50 bits per heavy atom. The van der Waals surface area contributed by atoms with Gasteiger partial charge in [-0.2, -0.15) is 0 Å². The van der Waals surface area contributed by atoms with Crippen molar-refractivity contribution in [2.24, 2.45) is 5.73 Å². The van der Waals surface area contributed by atoms with Gasteiger partial charge in [-0.25, -0.2) is 0 Å². The topological polar surface area (TPSA) is 55.1 Å². The van der Waals surface area contributed by atoms with E-state index >= 15 is 0 Å². The molecular formula is C9H11N2O. The molecule has 0 fully saturated rings. The monoisotopic (exact) mass is 163 g/mol. The maximum atomic E-state index is 11.2. The molecule has 1 radical (unpaired) electrons. The van der Waals surface area contributed by atoms with Gasteiger partial charge >= 0.3 is 0 Å². The predicted octanol–water partition coefficient (Wildman–Crippen LogP) is 0.175. The number of nitrogens with one attached hydrogen (secondary N) is 1. The van der Waals surface area contributed by atoms with Crippen LogP contribution in [0.25, 0.3) is 0 Å². The van der Waals surface area contributed by atoms with E-state index in [1.807, 2.05) is 0 Å². The largest absolute Gasteiger partial charge is 0.351 e. The Bertz CT molecular complexity index is 246. The van der Waals surface area contributed by atoms with E-state index in [0.717, 1.165) is 0 Å². The smallest absolute Gasteiger partial charge is 0.251 e. The van der Waals surface area contributed by atoms with Gasteiger partial charge in [-0.1, -0.05) is 12.1 Å². The summed E-state index contributed by atoms with van der Waals surface area (Å²) in [5.41, 5.74) is 5.87. The van der Waals surface area contributed by atoms with Crippen molar-refractivity contribution in [2.45, 2.75) is 0 Å². The molecule has 0 saturated heterocycles. The van der Waals surface area contributed by atoms with Crippen LogP contribution in [0.3, 0.4) is 0 Å². The van der Waals surface area contributed by atoms with Crippen molar-refractivity contribution in [2.75, 3.05) is 13.1 Å². The van der Waals surface area contributed by atoms with Crippen molar-refractivity contribution >= 4 is 5.91 Å². The Labute approximate surface area is 71.6 Å². The highest BCUT2D eigenvalue weighted by molar-refractivity contribution is 5.94. The summed E-state index contributed by atoms with van der Waals surface area (Å²) >= 11 is 0. The van der Waals surface area contributed by atoms with Gasteiger partial charge in [0.1, 0.15) is 0 Å². The van der Waals surface area contributed by atoms with Crippen LogP contribution >= 0.6 is 0 Å². The number of rotatable bonds is 3. The van der Waals surface area contributed by atoms with Crippen LogP contribution < -0.4 is 11.1 Å². The molecule has 63 valence electrons. The van der Waals surface area contributed by atoms with E-state index in [0.29, 0.717) is 18.7 Å². The van der Waals surface area contributed by atoms with Crippen molar-refractivity contribution in [3.63, 3.8) is 0 Å². The Kier molecular flexibility index (Phi) is 3.29. The number of amides is 1. The van der Waals surface area contributed by atoms with Crippen LogP contribution in [0.5, 0.6) is 0 Å². The first-order valence-electron chi connectivity index (χ1n) is 3.79. The van der Waals surface area contributed by atoms with E-state index in [4.69, 9.17) is 5.73 Å². The molecule has 3 nitrogen and oxygen atoms in total. The maximum Gasteiger partial charge on any atom is 0.251 e. The molecule has 0 unspecified atom stereocenters. The molecule has 0 heterocycles. The lowest BCUT2D eigenvalue weighted by molar-refractivity contribution is 0.0955. The molecule has 0 bridgehead atoms. The van der Waals surface area contributed by atoms with Crippen molar-refractivity contribution < 1.29 is 4.79 Å². The number of nitrogens with two attached hydrogens (primary N) is 1. The first-order chi connectivity index (χ1) is 5.84. The first kappa shape index (κ1) is 8.74. The van der Waals surface area contributed by atoms with Crippen LogP contribution in [-0.2, 0) is 0 Å². The normalized spacial score (nSPS) is 9.42. The minimum absolute atomic E-state index is 0.0885. The number of hydrogen-bond donors (Lipinski definition) is 2. The predicted molar refractivity (Wildman–Crippen MR) is 46.7 cm³/mol. The number of carbonyl (C=O) groups excluding carboxylic acids is 1. The standard InChI is InChI=1S/C9H11N2O/c10-6-7-11-9(12)8-4-2-1-3-5-8/h2-5H,6-7,10H2,(H,11,12). The Balaban J connectivity index is 2.54. The lowest BCUT2D eigenvalue weighted by Crippen LogP contribution is -2.28. The van der Waals surface area contributed by atoms with Gasteiger partial charge in [0.05, 0.1) is 0 Å². The van der Waals surface area contributed by atoms with E-state index in [9.17, 15) is 4.79 Å². The molecule has 0 spiro atoms. The summed E-state index contributed by atoms with van der Waals surface area (Å²) in [5, 5.41) is 2.67. The second-order valence-electron chi connectivity index (χ2n) is 2.33. The number of carbonyl (C=O) groups is 1. The quantitative estimate of drug-likeness (QED) is 0.667. The van der Waals surface area contributed by atoms with Crippen LogP contribution in [0.4, 0.5) is 0 Å². The molecule has 0 saturated carbocycles. The average molecular weight is 163 g/mol. The van der Waals surface area contributed by atoms with Crippen LogP contribution in [0.15, 0.2) is 24.3 Å². The maximum absolute atomic E-state index is 11.2. The second kappa shape index (κ2) is 4.51. The van der Waals surface area contributed by atoms with Gasteiger partial charge < -0.3 is 11.1 Å². The van der Waals surface area contributed by atoms with Gasteiger partial charge in [-0.3, -0.25) is 4.79 Å². The third-order valence-corrected chi connectivity index (χ3v) is 1.41. The Hall–Kier alpha value is -1.35. The summed E-state index contributed by atoms with van der Waals surface area (Å²) < 4.78 is 0. The average Bonchev–Trinajstić information content (AvgIpc) is 2.15. The van der Waals surface area contributed by atoms with E-state index < -0.39 is 0 Å². The van der Waals surface area contributed by atoms with Gasteiger partial charge in [-0.15, -0.1) is 0 Å². The fourth-order valence-electron chi connectivity index (χ4n) is 0.826. The van der Waals surface area contributed by atoms with Gasteiger partial charge in [0, 0.05) is 18.7 Å². The first-order valence-corrected chi connectivity index (χ1v) is 3.79. The Morgan fingerprint density at radius 3 is 2.75 bits per heavy atom. The molecule has 0 aromatic heterocycles. The minimum atomic E-state index is -0.0885. The van der Waals surface area contributed by atoms with Gasteiger partial charge in [0.25, 0.3) is 5.91 Å². The number of hydrogen-bond acceptors (Lipinski definition) is 2. The van der Waals surface area contributed by atoms with Gasteiger partial charge in [0.2, 0.25) is 0 Å². The van der Waals surface area contributed by atoms with Crippen molar-refractivity contribution in [1.29, 1.82) is 0 Å². The summed E-state index contributed by atoms with van der Waals surface area (Å²) in [6, 6.07) is 9.68. The molecule has 0 aliphatic rings. The van der Waals surface area contributed by atoms with Crippen molar-refractivity contribution in [3.05, 3.63) is 35.9 Å². The lowest BCUT2D eigenvalue weighted by Gasteiger charge is -2.01. The van der Waals surface area contributed by atoms with Crippen LogP contribution in [0.1, 0.15) is 10.4 Å². The summed E-state index contributed by atoms with van der Waals surface area (Å²) in [6.45, 7) is 0.974. The minimum Gasteiger partial charge on any atom is -0.351 e. The zero-order chi connectivity index (χ0) is 8.81. The summed E-state index contributed by atoms with van der Waals surface area (Å²) in [4.78, 5) is 11.2. The van der Waals surface area contributed by atoms with Gasteiger partial charge in [0.15, 0.2) is 0 Å². The fraction of sp³-hybridized carbons (Fsp3) is 0.222. The van der Waals surface area contributed by atoms with Crippen molar-refractivity contribution in [1.82, 2.24) is 5.32 Å². The van der Waals surface area contributed by atoms with E-state index in [1.54, 1.807) is 24.3 Å². The molecule has 1 rings (SSSR count). The summed E-state index contributed by atoms with van der Waals surface area (Å²) in [6.07, 6.45) is 0. The molecule has 3 N–H and O–H groups in total. The highest BCUT2D eigenvalue weighted by Gasteiger charge is 2.00. The molecule has 0 aliphatic carbocycles. The SMILES string of the molecule is NCCNC(=O)c1cc[c]cc1. The zero-order valence-electron chi connectivity index (χ0n) is 6.71. The third kappa shape index (κ3) is 2.36. The molecule has 3 heteroatoms. The van der Waals surface area contributed by atoms with E-state index in [1.165, 1.54) is 0 Å². The van der Waals surface area contributed by atoms with Crippen molar-refractivity contribution in [3.8, 4) is 0 Å². The highest BCUT2D eigenvalue weighted by Crippen LogP contribution is 1.96. The van der Waals surface area contributed by atoms with E-state index in [2.05, 4.69) is 11.4 Å². The van der Waals surface area contributed by atoms with Crippen LogP contribution in [-0.4, -0.2) is 19.0 Å². The second-order valence-corrected chi connectivity index (χ2v) is 2.33. The molecule has 0 aliphatic heterocycles. The molecule has 0 atom stereocenters. The van der Waals surface area contributed by atoms with E-state index in [-0.39, 0.29) is 5.91 Å². The number of benzene rings is 1. The molecular weight excluding hydrogens is 152 g/mol. The lowest BCUT2D eigenvalue weighted by atomic mass is 10.2. The molecule has 1 aromatic carbocycles. The summed E-state index contributed by atoms with van der Waals surface area (Å²) in [7, 11) is 0. The van der Waals surface area contributed by atoms with Gasteiger partial charge in [-0.05, 0) is 18.2 Å². The van der Waals surface area contributed by atoms with Crippen LogP contribution in [0, 0.1) is 6.07 Å². The third-order valence-electron chi connectivity index (χ3n) is 1.41. The highest BCUT2D eigenvalue weighted by atomic mass is 16.1. The molecule has 12 heavy (non-hydrogen) atoms. The summed E-state index contributed by atoms with van der Waals surface area (Å²) in [5.74, 6) is -0.0885.